The van der Waals surface area contributed by atoms with Crippen LogP contribution in [0.3, 0.4) is 0 Å². The number of aliphatic hydroxyl groups excluding tert-OH is 1. The highest BCUT2D eigenvalue weighted by atomic mass is 19.3. The topological polar surface area (TPSA) is 40.5 Å². The second-order valence-electron chi connectivity index (χ2n) is 2.70. The van der Waals surface area contributed by atoms with Crippen molar-refractivity contribution in [3.8, 4) is 0 Å². The van der Waals surface area contributed by atoms with Crippen molar-refractivity contribution in [3.05, 3.63) is 0 Å². The Morgan fingerprint density at radius 3 is 2.46 bits per heavy atom. The lowest BCUT2D eigenvalue weighted by Crippen LogP contribution is -2.38. The average molecular weight is 195 g/mol. The number of halogens is 2. The third-order valence-electron chi connectivity index (χ3n) is 1.65. The summed E-state index contributed by atoms with van der Waals surface area (Å²) >= 11 is 0. The molecular formula is C8H15F2NO2. The minimum atomic E-state index is -2.97. The van der Waals surface area contributed by atoms with Gasteiger partial charge in [-0.15, -0.1) is 0 Å². The number of rotatable bonds is 6. The molecule has 0 aromatic heterocycles. The number of alkyl halides is 2. The average Bonchev–Trinajstić information content (AvgIpc) is 2.11. The molecule has 78 valence electrons. The largest absolute Gasteiger partial charge is 0.395 e. The summed E-state index contributed by atoms with van der Waals surface area (Å²) in [6.45, 7) is 1.91. The summed E-state index contributed by atoms with van der Waals surface area (Å²) in [6.07, 6.45) is -1.46. The maximum atomic E-state index is 12.0. The van der Waals surface area contributed by atoms with E-state index in [0.29, 0.717) is 13.0 Å². The number of aliphatic hydroxyl groups is 1. The van der Waals surface area contributed by atoms with Crippen LogP contribution in [0.5, 0.6) is 0 Å². The zero-order chi connectivity index (χ0) is 10.3. The van der Waals surface area contributed by atoms with Gasteiger partial charge in [0.05, 0.1) is 6.61 Å². The third kappa shape index (κ3) is 4.77. The molecule has 1 N–H and O–H groups in total. The molecule has 0 atom stereocenters. The lowest BCUT2D eigenvalue weighted by Gasteiger charge is -2.20. The number of nitrogens with zero attached hydrogens (tertiary/aromatic N) is 1. The van der Waals surface area contributed by atoms with Gasteiger partial charge in [-0.1, -0.05) is 13.3 Å². The lowest BCUT2D eigenvalue weighted by molar-refractivity contribution is -0.143. The molecular weight excluding hydrogens is 180 g/mol. The van der Waals surface area contributed by atoms with Crippen molar-refractivity contribution in [2.24, 2.45) is 0 Å². The van der Waals surface area contributed by atoms with Crippen molar-refractivity contribution in [2.45, 2.75) is 26.2 Å². The first-order valence-electron chi connectivity index (χ1n) is 4.31. The molecule has 0 aliphatic rings. The minimum Gasteiger partial charge on any atom is -0.395 e. The van der Waals surface area contributed by atoms with Crippen LogP contribution in [0, 0.1) is 0 Å². The van der Waals surface area contributed by atoms with Crippen LogP contribution in [-0.2, 0) is 4.79 Å². The van der Waals surface area contributed by atoms with Crippen molar-refractivity contribution < 1.29 is 18.7 Å². The second-order valence-corrected chi connectivity index (χ2v) is 2.70. The molecule has 0 aromatic carbocycles. The second kappa shape index (κ2) is 6.77. The van der Waals surface area contributed by atoms with Gasteiger partial charge in [-0.2, -0.15) is 8.78 Å². The molecule has 0 aliphatic carbocycles. The van der Waals surface area contributed by atoms with Gasteiger partial charge in [-0.25, -0.2) is 0 Å². The van der Waals surface area contributed by atoms with E-state index in [1.165, 1.54) is 0 Å². The Labute approximate surface area is 76.3 Å². The number of hydrogen-bond acceptors (Lipinski definition) is 2. The molecule has 0 rings (SSSR count). The fourth-order valence-corrected chi connectivity index (χ4v) is 0.940. The summed E-state index contributed by atoms with van der Waals surface area (Å²) < 4.78 is 23.9. The Morgan fingerprint density at radius 1 is 1.46 bits per heavy atom. The molecule has 0 spiro atoms. The Balaban J connectivity index is 3.99. The zero-order valence-corrected chi connectivity index (χ0v) is 7.67. The van der Waals surface area contributed by atoms with E-state index in [9.17, 15) is 13.6 Å². The van der Waals surface area contributed by atoms with E-state index in [-0.39, 0.29) is 13.2 Å². The Kier molecular flexibility index (Phi) is 6.40. The summed E-state index contributed by atoms with van der Waals surface area (Å²) in [7, 11) is 0. The fourth-order valence-electron chi connectivity index (χ4n) is 0.940. The van der Waals surface area contributed by atoms with Crippen LogP contribution in [-0.4, -0.2) is 42.0 Å². The Hall–Kier alpha value is -0.710. The first-order chi connectivity index (χ1) is 6.13. The van der Waals surface area contributed by atoms with Gasteiger partial charge in [-0.05, 0) is 6.42 Å². The van der Waals surface area contributed by atoms with Crippen LogP contribution < -0.4 is 0 Å². The molecule has 0 heterocycles. The van der Waals surface area contributed by atoms with Crippen molar-refractivity contribution in [2.75, 3.05) is 19.7 Å². The highest BCUT2D eigenvalue weighted by molar-refractivity contribution is 5.79. The highest BCUT2D eigenvalue weighted by Crippen LogP contribution is 2.02. The molecule has 0 saturated heterocycles. The standard InChI is InChI=1S/C8H15F2NO2/c1-2-3-4-11(5-6-12)8(13)7(9)10/h7,12H,2-6H2,1H3. The number of carbonyl (C=O) groups is 1. The van der Waals surface area contributed by atoms with E-state index in [2.05, 4.69) is 0 Å². The van der Waals surface area contributed by atoms with Crippen molar-refractivity contribution in [3.63, 3.8) is 0 Å². The van der Waals surface area contributed by atoms with Crippen molar-refractivity contribution >= 4 is 5.91 Å². The summed E-state index contributed by atoms with van der Waals surface area (Å²) in [5.41, 5.74) is 0. The highest BCUT2D eigenvalue weighted by Gasteiger charge is 2.21. The van der Waals surface area contributed by atoms with Crippen LogP contribution >= 0.6 is 0 Å². The zero-order valence-electron chi connectivity index (χ0n) is 7.67. The maximum absolute atomic E-state index is 12.0. The quantitative estimate of drug-likeness (QED) is 0.683. The van der Waals surface area contributed by atoms with Crippen LogP contribution in [0.1, 0.15) is 19.8 Å². The normalized spacial score (nSPS) is 10.5. The smallest absolute Gasteiger partial charge is 0.315 e. The lowest BCUT2D eigenvalue weighted by atomic mass is 10.3. The fraction of sp³-hybridized carbons (Fsp3) is 0.875. The van der Waals surface area contributed by atoms with Gasteiger partial charge < -0.3 is 10.0 Å². The summed E-state index contributed by atoms with van der Waals surface area (Å²) in [6, 6.07) is 0. The third-order valence-corrected chi connectivity index (χ3v) is 1.65. The molecule has 0 saturated carbocycles. The molecule has 1 amide bonds. The molecule has 0 aromatic rings. The van der Waals surface area contributed by atoms with Crippen molar-refractivity contribution in [1.82, 2.24) is 4.90 Å². The van der Waals surface area contributed by atoms with E-state index in [1.807, 2.05) is 6.92 Å². The summed E-state index contributed by atoms with van der Waals surface area (Å²) in [4.78, 5) is 11.8. The van der Waals surface area contributed by atoms with Crippen LogP contribution in [0.4, 0.5) is 8.78 Å². The maximum Gasteiger partial charge on any atom is 0.315 e. The van der Waals surface area contributed by atoms with Crippen LogP contribution in [0.25, 0.3) is 0 Å². The number of amides is 1. The molecule has 0 fully saturated rings. The first-order valence-corrected chi connectivity index (χ1v) is 4.31. The number of unbranched alkanes of at least 4 members (excludes halogenated alkanes) is 1. The van der Waals surface area contributed by atoms with Crippen molar-refractivity contribution in [1.29, 1.82) is 0 Å². The van der Waals surface area contributed by atoms with Gasteiger partial charge >= 0.3 is 6.43 Å². The van der Waals surface area contributed by atoms with E-state index < -0.39 is 12.3 Å². The van der Waals surface area contributed by atoms with E-state index in [1.54, 1.807) is 0 Å². The SMILES string of the molecule is CCCCN(CCO)C(=O)C(F)F. The monoisotopic (exact) mass is 195 g/mol. The molecule has 0 unspecified atom stereocenters. The Morgan fingerprint density at radius 2 is 2.08 bits per heavy atom. The van der Waals surface area contributed by atoms with E-state index in [0.717, 1.165) is 11.3 Å². The Bertz CT molecular complexity index is 153. The first kappa shape index (κ1) is 12.3. The van der Waals surface area contributed by atoms with Gasteiger partial charge in [0.2, 0.25) is 0 Å². The predicted molar refractivity (Wildman–Crippen MR) is 44.6 cm³/mol. The molecule has 13 heavy (non-hydrogen) atoms. The van der Waals surface area contributed by atoms with Gasteiger partial charge in [0, 0.05) is 13.1 Å². The van der Waals surface area contributed by atoms with Gasteiger partial charge in [-0.3, -0.25) is 4.79 Å². The van der Waals surface area contributed by atoms with Gasteiger partial charge in [0.1, 0.15) is 0 Å². The number of hydrogen-bond donors (Lipinski definition) is 1. The van der Waals surface area contributed by atoms with Gasteiger partial charge in [0.25, 0.3) is 5.91 Å². The molecule has 0 bridgehead atoms. The van der Waals surface area contributed by atoms with Gasteiger partial charge in [0.15, 0.2) is 0 Å². The van der Waals surface area contributed by atoms with E-state index >= 15 is 0 Å². The van der Waals surface area contributed by atoms with Crippen LogP contribution in [0.2, 0.25) is 0 Å². The minimum absolute atomic E-state index is 0.0107. The predicted octanol–water partition coefficient (Wildman–Crippen LogP) is 0.873. The molecule has 5 heteroatoms. The molecule has 0 radical (unpaired) electrons. The van der Waals surface area contributed by atoms with E-state index in [4.69, 9.17) is 5.11 Å². The molecule has 3 nitrogen and oxygen atoms in total. The summed E-state index contributed by atoms with van der Waals surface area (Å²) in [5.74, 6) is -1.19. The summed E-state index contributed by atoms with van der Waals surface area (Å²) in [5, 5.41) is 8.53. The van der Waals surface area contributed by atoms with Crippen LogP contribution in [0.15, 0.2) is 0 Å². The molecule has 0 aliphatic heterocycles. The number of carbonyl (C=O) groups excluding carboxylic acids is 1.